The Morgan fingerprint density at radius 1 is 0.875 bits per heavy atom. The van der Waals surface area contributed by atoms with Crippen LogP contribution in [0.2, 0.25) is 0 Å². The molecule has 1 unspecified atom stereocenters. The van der Waals surface area contributed by atoms with Gasteiger partial charge in [0.1, 0.15) is 5.82 Å². The Bertz CT molecular complexity index is 1440. The van der Waals surface area contributed by atoms with Crippen molar-refractivity contribution in [3.63, 3.8) is 0 Å². The molecule has 6 nitrogen and oxygen atoms in total. The Balaban J connectivity index is 1.90. The van der Waals surface area contributed by atoms with E-state index in [2.05, 4.69) is 0 Å². The highest BCUT2D eigenvalue weighted by atomic mass is 32.2. The highest BCUT2D eigenvalue weighted by Crippen LogP contribution is 2.27. The third-order valence-electron chi connectivity index (χ3n) is 5.71. The van der Waals surface area contributed by atoms with Crippen LogP contribution in [0.4, 0.5) is 0 Å². The Kier molecular flexibility index (Phi) is 5.71. The first kappa shape index (κ1) is 21.9. The predicted octanol–water partition coefficient (Wildman–Crippen LogP) is 4.38. The van der Waals surface area contributed by atoms with E-state index in [1.54, 1.807) is 49.4 Å². The van der Waals surface area contributed by atoms with Crippen LogP contribution in [0.5, 0.6) is 0 Å². The summed E-state index contributed by atoms with van der Waals surface area (Å²) in [5, 5.41) is 0.480. The van der Waals surface area contributed by atoms with Crippen molar-refractivity contribution < 1.29 is 8.42 Å². The monoisotopic (exact) mass is 447 g/mol. The summed E-state index contributed by atoms with van der Waals surface area (Å²) >= 11 is 0. The molecule has 0 bridgehead atoms. The third kappa shape index (κ3) is 3.85. The van der Waals surface area contributed by atoms with Crippen LogP contribution in [0.3, 0.4) is 0 Å². The molecule has 0 saturated heterocycles. The molecular weight excluding hydrogens is 422 g/mol. The first-order valence-corrected chi connectivity index (χ1v) is 11.8. The predicted molar refractivity (Wildman–Crippen MR) is 127 cm³/mol. The van der Waals surface area contributed by atoms with Gasteiger partial charge in [-0.1, -0.05) is 47.5 Å². The van der Waals surface area contributed by atoms with Gasteiger partial charge in [-0.25, -0.2) is 13.4 Å². The lowest BCUT2D eigenvalue weighted by atomic mass is 10.2. The fourth-order valence-electron chi connectivity index (χ4n) is 3.62. The SMILES string of the molecule is Cc1ccc(-n2c(C(C)N(C)S(=O)(=O)c3ccc(C)cc3)nc3ccccc3c2=O)cc1. The van der Waals surface area contributed by atoms with Crippen LogP contribution in [0.15, 0.2) is 82.5 Å². The summed E-state index contributed by atoms with van der Waals surface area (Å²) in [7, 11) is -2.28. The second-order valence-corrected chi connectivity index (χ2v) is 9.97. The van der Waals surface area contributed by atoms with E-state index < -0.39 is 16.1 Å². The maximum absolute atomic E-state index is 13.5. The molecule has 3 aromatic carbocycles. The van der Waals surface area contributed by atoms with Crippen molar-refractivity contribution in [3.05, 3.63) is 100 Å². The lowest BCUT2D eigenvalue weighted by Gasteiger charge is -2.26. The molecule has 0 spiro atoms. The van der Waals surface area contributed by atoms with Crippen LogP contribution in [-0.4, -0.2) is 29.3 Å². The van der Waals surface area contributed by atoms with Gasteiger partial charge in [0.2, 0.25) is 10.0 Å². The van der Waals surface area contributed by atoms with Crippen LogP contribution in [0.1, 0.15) is 29.9 Å². The number of hydrogen-bond acceptors (Lipinski definition) is 4. The number of rotatable bonds is 5. The molecule has 0 fully saturated rings. The van der Waals surface area contributed by atoms with Gasteiger partial charge in [0, 0.05) is 7.05 Å². The Hall–Kier alpha value is -3.29. The van der Waals surface area contributed by atoms with E-state index in [-0.39, 0.29) is 10.5 Å². The molecule has 0 aliphatic rings. The van der Waals surface area contributed by atoms with Crippen molar-refractivity contribution in [2.45, 2.75) is 31.7 Å². The minimum absolute atomic E-state index is 0.197. The van der Waals surface area contributed by atoms with Crippen molar-refractivity contribution >= 4 is 20.9 Å². The van der Waals surface area contributed by atoms with Crippen molar-refractivity contribution in [1.82, 2.24) is 13.9 Å². The number of aromatic nitrogens is 2. The number of aryl methyl sites for hydroxylation is 2. The topological polar surface area (TPSA) is 72.3 Å². The summed E-state index contributed by atoms with van der Waals surface area (Å²) in [6, 6.07) is 20.6. The Morgan fingerprint density at radius 3 is 2.06 bits per heavy atom. The van der Waals surface area contributed by atoms with Crippen LogP contribution >= 0.6 is 0 Å². The number of sulfonamides is 1. The molecule has 0 radical (unpaired) electrons. The van der Waals surface area contributed by atoms with Crippen LogP contribution < -0.4 is 5.56 Å². The number of fused-ring (bicyclic) bond motifs is 1. The van der Waals surface area contributed by atoms with Crippen molar-refractivity contribution in [1.29, 1.82) is 0 Å². The summed E-state index contributed by atoms with van der Waals surface area (Å²) in [5.41, 5.74) is 2.97. The van der Waals surface area contributed by atoms with Crippen molar-refractivity contribution in [3.8, 4) is 5.69 Å². The van der Waals surface area contributed by atoms with Crippen LogP contribution in [-0.2, 0) is 10.0 Å². The van der Waals surface area contributed by atoms with E-state index in [4.69, 9.17) is 4.98 Å². The van der Waals surface area contributed by atoms with E-state index in [0.29, 0.717) is 22.4 Å². The molecule has 4 aromatic rings. The standard InChI is InChI=1S/C25H25N3O3S/c1-17-9-13-20(14-10-17)28-24(26-23-8-6-5-7-22(23)25(28)29)19(3)27(4)32(30,31)21-15-11-18(2)12-16-21/h5-16,19H,1-4H3. The van der Waals surface area contributed by atoms with Gasteiger partial charge in [-0.15, -0.1) is 0 Å². The number of nitrogens with zero attached hydrogens (tertiary/aromatic N) is 3. The summed E-state index contributed by atoms with van der Waals surface area (Å²) in [5.74, 6) is 0.357. The first-order valence-electron chi connectivity index (χ1n) is 10.3. The zero-order valence-corrected chi connectivity index (χ0v) is 19.3. The van der Waals surface area contributed by atoms with Gasteiger partial charge in [-0.05, 0) is 57.2 Å². The molecular formula is C25H25N3O3S. The summed E-state index contributed by atoms with van der Waals surface area (Å²) in [6.07, 6.45) is 0. The van der Waals surface area contributed by atoms with Gasteiger partial charge in [-0.2, -0.15) is 4.31 Å². The maximum atomic E-state index is 13.5. The maximum Gasteiger partial charge on any atom is 0.266 e. The largest absolute Gasteiger partial charge is 0.268 e. The molecule has 0 aliphatic carbocycles. The normalized spacial score (nSPS) is 12.9. The van der Waals surface area contributed by atoms with Crippen LogP contribution in [0.25, 0.3) is 16.6 Å². The fraction of sp³-hybridized carbons (Fsp3) is 0.200. The van der Waals surface area contributed by atoms with Crippen molar-refractivity contribution in [2.75, 3.05) is 7.05 Å². The molecule has 1 atom stereocenters. The molecule has 7 heteroatoms. The summed E-state index contributed by atoms with van der Waals surface area (Å²) in [6.45, 7) is 5.62. The number of para-hydroxylation sites is 1. The molecule has 164 valence electrons. The molecule has 32 heavy (non-hydrogen) atoms. The fourth-order valence-corrected chi connectivity index (χ4v) is 4.94. The minimum atomic E-state index is -3.80. The molecule has 0 saturated carbocycles. The van der Waals surface area contributed by atoms with Gasteiger partial charge in [0.05, 0.1) is 27.5 Å². The average Bonchev–Trinajstić information content (AvgIpc) is 2.79. The third-order valence-corrected chi connectivity index (χ3v) is 7.65. The highest BCUT2D eigenvalue weighted by Gasteiger charge is 2.30. The smallest absolute Gasteiger partial charge is 0.266 e. The zero-order chi connectivity index (χ0) is 23.0. The van der Waals surface area contributed by atoms with Gasteiger partial charge in [0.25, 0.3) is 5.56 Å². The lowest BCUT2D eigenvalue weighted by Crippen LogP contribution is -2.34. The van der Waals surface area contributed by atoms with E-state index in [1.807, 2.05) is 44.2 Å². The second kappa shape index (κ2) is 8.33. The highest BCUT2D eigenvalue weighted by molar-refractivity contribution is 7.89. The molecule has 1 aromatic heterocycles. The van der Waals surface area contributed by atoms with Gasteiger partial charge in [0.15, 0.2) is 0 Å². The zero-order valence-electron chi connectivity index (χ0n) is 18.5. The molecule has 0 N–H and O–H groups in total. The van der Waals surface area contributed by atoms with Gasteiger partial charge >= 0.3 is 0 Å². The van der Waals surface area contributed by atoms with E-state index >= 15 is 0 Å². The van der Waals surface area contributed by atoms with Gasteiger partial charge in [-0.3, -0.25) is 9.36 Å². The van der Waals surface area contributed by atoms with Crippen molar-refractivity contribution in [2.24, 2.45) is 0 Å². The summed E-state index contributed by atoms with van der Waals surface area (Å²) in [4.78, 5) is 18.4. The molecule has 0 aliphatic heterocycles. The number of benzene rings is 3. The van der Waals surface area contributed by atoms with E-state index in [9.17, 15) is 13.2 Å². The van der Waals surface area contributed by atoms with E-state index in [1.165, 1.54) is 15.9 Å². The Morgan fingerprint density at radius 2 is 1.44 bits per heavy atom. The Labute approximate surface area is 187 Å². The first-order chi connectivity index (χ1) is 15.2. The second-order valence-electron chi connectivity index (χ2n) is 7.97. The van der Waals surface area contributed by atoms with E-state index in [0.717, 1.165) is 11.1 Å². The quantitative estimate of drug-likeness (QED) is 0.455. The molecule has 4 rings (SSSR count). The molecule has 0 amide bonds. The lowest BCUT2D eigenvalue weighted by molar-refractivity contribution is 0.379. The van der Waals surface area contributed by atoms with Crippen LogP contribution in [0, 0.1) is 13.8 Å². The minimum Gasteiger partial charge on any atom is -0.268 e. The summed E-state index contributed by atoms with van der Waals surface area (Å²) < 4.78 is 29.4. The average molecular weight is 448 g/mol. The number of hydrogen-bond donors (Lipinski definition) is 0. The van der Waals surface area contributed by atoms with Gasteiger partial charge < -0.3 is 0 Å². The molecule has 1 heterocycles.